The molecule has 0 aromatic carbocycles. The summed E-state index contributed by atoms with van der Waals surface area (Å²) in [6.45, 7) is 0. The van der Waals surface area contributed by atoms with Crippen molar-refractivity contribution in [1.29, 1.82) is 0 Å². The maximum absolute atomic E-state index is 12.0. The van der Waals surface area contributed by atoms with E-state index in [4.69, 9.17) is 0 Å². The van der Waals surface area contributed by atoms with Crippen molar-refractivity contribution in [1.82, 2.24) is 15.6 Å². The van der Waals surface area contributed by atoms with Gasteiger partial charge in [-0.15, -0.1) is 0 Å². The van der Waals surface area contributed by atoms with E-state index in [1.165, 1.54) is 12.8 Å². The number of nitrogens with one attached hydrogen (secondary N) is 2. The van der Waals surface area contributed by atoms with E-state index in [0.717, 1.165) is 18.4 Å². The predicted molar refractivity (Wildman–Crippen MR) is 69.1 cm³/mol. The Balaban J connectivity index is 1.52. The molecule has 2 aliphatic rings. The zero-order valence-corrected chi connectivity index (χ0v) is 10.4. The highest BCUT2D eigenvalue weighted by molar-refractivity contribution is 5.78. The van der Waals surface area contributed by atoms with Crippen LogP contribution in [-0.4, -0.2) is 29.0 Å². The number of carbonyl (C=O) groups excluding carboxylic acids is 1. The van der Waals surface area contributed by atoms with Gasteiger partial charge < -0.3 is 10.6 Å². The molecule has 0 spiro atoms. The standard InChI is InChI=1S/C14H19N3O/c18-14(6-10-2-1-5-15-9-10)17-13-7-11-3-4-12(8-13)16-11/h1-2,5,9,11-13,16H,3-4,6-8H2,(H,17,18). The van der Waals surface area contributed by atoms with E-state index in [9.17, 15) is 4.79 Å². The van der Waals surface area contributed by atoms with Crippen molar-refractivity contribution in [2.45, 2.75) is 50.2 Å². The van der Waals surface area contributed by atoms with E-state index >= 15 is 0 Å². The lowest BCUT2D eigenvalue weighted by Gasteiger charge is -2.29. The number of piperidine rings is 1. The van der Waals surface area contributed by atoms with E-state index in [1.54, 1.807) is 12.4 Å². The minimum atomic E-state index is 0.120. The van der Waals surface area contributed by atoms with E-state index in [-0.39, 0.29) is 5.91 Å². The first-order valence-electron chi connectivity index (χ1n) is 6.74. The van der Waals surface area contributed by atoms with Crippen LogP contribution in [0, 0.1) is 0 Å². The summed E-state index contributed by atoms with van der Waals surface area (Å²) in [5.74, 6) is 0.120. The average Bonchev–Trinajstić information content (AvgIpc) is 2.70. The number of nitrogens with zero attached hydrogens (tertiary/aromatic N) is 1. The van der Waals surface area contributed by atoms with E-state index < -0.39 is 0 Å². The third-order valence-corrected chi connectivity index (χ3v) is 3.93. The van der Waals surface area contributed by atoms with Gasteiger partial charge in [0.25, 0.3) is 0 Å². The van der Waals surface area contributed by atoms with Crippen LogP contribution in [0.4, 0.5) is 0 Å². The monoisotopic (exact) mass is 245 g/mol. The second-order valence-electron chi connectivity index (χ2n) is 5.41. The highest BCUT2D eigenvalue weighted by atomic mass is 16.1. The minimum absolute atomic E-state index is 0.120. The molecule has 3 heterocycles. The molecule has 2 aliphatic heterocycles. The fourth-order valence-electron chi connectivity index (χ4n) is 3.14. The molecule has 0 aliphatic carbocycles. The molecule has 1 aromatic rings. The van der Waals surface area contributed by atoms with Crippen LogP contribution in [0.3, 0.4) is 0 Å². The first-order chi connectivity index (χ1) is 8.79. The summed E-state index contributed by atoms with van der Waals surface area (Å²) in [7, 11) is 0. The van der Waals surface area contributed by atoms with Gasteiger partial charge >= 0.3 is 0 Å². The van der Waals surface area contributed by atoms with Gasteiger partial charge in [0.1, 0.15) is 0 Å². The number of carbonyl (C=O) groups is 1. The summed E-state index contributed by atoms with van der Waals surface area (Å²) < 4.78 is 0. The fourth-order valence-corrected chi connectivity index (χ4v) is 3.14. The normalized spacial score (nSPS) is 30.1. The number of aromatic nitrogens is 1. The number of fused-ring (bicyclic) bond motifs is 2. The molecule has 2 fully saturated rings. The molecule has 2 unspecified atom stereocenters. The molecule has 1 aromatic heterocycles. The first-order valence-corrected chi connectivity index (χ1v) is 6.74. The van der Waals surface area contributed by atoms with Crippen LogP contribution < -0.4 is 10.6 Å². The Morgan fingerprint density at radius 1 is 1.39 bits per heavy atom. The van der Waals surface area contributed by atoms with Crippen molar-refractivity contribution in [2.24, 2.45) is 0 Å². The van der Waals surface area contributed by atoms with Crippen LogP contribution in [0.1, 0.15) is 31.2 Å². The average molecular weight is 245 g/mol. The van der Waals surface area contributed by atoms with Crippen LogP contribution in [-0.2, 0) is 11.2 Å². The van der Waals surface area contributed by atoms with E-state index in [0.29, 0.717) is 24.5 Å². The molecular formula is C14H19N3O. The second-order valence-corrected chi connectivity index (χ2v) is 5.41. The lowest BCUT2D eigenvalue weighted by atomic mass is 9.99. The van der Waals surface area contributed by atoms with Crippen LogP contribution >= 0.6 is 0 Å². The van der Waals surface area contributed by atoms with Gasteiger partial charge in [0, 0.05) is 30.5 Å². The number of rotatable bonds is 3. The topological polar surface area (TPSA) is 54.0 Å². The highest BCUT2D eigenvalue weighted by Gasteiger charge is 2.33. The van der Waals surface area contributed by atoms with Crippen molar-refractivity contribution in [3.63, 3.8) is 0 Å². The largest absolute Gasteiger partial charge is 0.353 e. The third kappa shape index (κ3) is 2.70. The summed E-state index contributed by atoms with van der Waals surface area (Å²) in [4.78, 5) is 16.0. The van der Waals surface area contributed by atoms with E-state index in [1.807, 2.05) is 12.1 Å². The van der Waals surface area contributed by atoms with Crippen molar-refractivity contribution >= 4 is 5.91 Å². The molecule has 2 N–H and O–H groups in total. The molecule has 4 nitrogen and oxygen atoms in total. The zero-order chi connectivity index (χ0) is 12.4. The van der Waals surface area contributed by atoms with Gasteiger partial charge in [-0.05, 0) is 37.3 Å². The molecule has 2 bridgehead atoms. The molecule has 0 saturated carbocycles. The van der Waals surface area contributed by atoms with Crippen molar-refractivity contribution < 1.29 is 4.79 Å². The number of pyridine rings is 1. The first kappa shape index (κ1) is 11.7. The number of hydrogen-bond donors (Lipinski definition) is 2. The molecular weight excluding hydrogens is 226 g/mol. The quantitative estimate of drug-likeness (QED) is 0.836. The maximum atomic E-state index is 12.0. The molecule has 1 amide bonds. The summed E-state index contributed by atoms with van der Waals surface area (Å²) in [5, 5.41) is 6.74. The summed E-state index contributed by atoms with van der Waals surface area (Å²) >= 11 is 0. The van der Waals surface area contributed by atoms with Crippen molar-refractivity contribution in [3.8, 4) is 0 Å². The lowest BCUT2D eigenvalue weighted by molar-refractivity contribution is -0.121. The van der Waals surface area contributed by atoms with Crippen LogP contribution in [0.25, 0.3) is 0 Å². The Bertz CT molecular complexity index is 408. The molecule has 2 atom stereocenters. The van der Waals surface area contributed by atoms with Gasteiger partial charge in [-0.25, -0.2) is 0 Å². The number of amides is 1. The van der Waals surface area contributed by atoms with Gasteiger partial charge in [-0.1, -0.05) is 6.07 Å². The van der Waals surface area contributed by atoms with Crippen molar-refractivity contribution in [3.05, 3.63) is 30.1 Å². The molecule has 2 saturated heterocycles. The lowest BCUT2D eigenvalue weighted by Crippen LogP contribution is -2.48. The van der Waals surface area contributed by atoms with Gasteiger partial charge in [-0.2, -0.15) is 0 Å². The molecule has 18 heavy (non-hydrogen) atoms. The summed E-state index contributed by atoms with van der Waals surface area (Å²) in [6.07, 6.45) is 8.61. The molecule has 4 heteroatoms. The Morgan fingerprint density at radius 3 is 2.83 bits per heavy atom. The zero-order valence-electron chi connectivity index (χ0n) is 10.4. The maximum Gasteiger partial charge on any atom is 0.224 e. The third-order valence-electron chi connectivity index (χ3n) is 3.93. The Kier molecular flexibility index (Phi) is 3.28. The summed E-state index contributed by atoms with van der Waals surface area (Å²) in [5.41, 5.74) is 0.979. The second kappa shape index (κ2) is 5.06. The Hall–Kier alpha value is -1.42. The fraction of sp³-hybridized carbons (Fsp3) is 0.571. The van der Waals surface area contributed by atoms with Gasteiger partial charge in [0.2, 0.25) is 5.91 Å². The van der Waals surface area contributed by atoms with Gasteiger partial charge in [-0.3, -0.25) is 9.78 Å². The van der Waals surface area contributed by atoms with Crippen LogP contribution in [0.5, 0.6) is 0 Å². The van der Waals surface area contributed by atoms with E-state index in [2.05, 4.69) is 15.6 Å². The Morgan fingerprint density at radius 2 is 2.17 bits per heavy atom. The predicted octanol–water partition coefficient (Wildman–Crippen LogP) is 1.02. The van der Waals surface area contributed by atoms with Gasteiger partial charge in [0.05, 0.1) is 6.42 Å². The van der Waals surface area contributed by atoms with Crippen molar-refractivity contribution in [2.75, 3.05) is 0 Å². The minimum Gasteiger partial charge on any atom is -0.353 e. The van der Waals surface area contributed by atoms with Gasteiger partial charge in [0.15, 0.2) is 0 Å². The summed E-state index contributed by atoms with van der Waals surface area (Å²) in [6, 6.07) is 5.40. The molecule has 3 rings (SSSR count). The SMILES string of the molecule is O=C(Cc1cccnc1)NC1CC2CCC(C1)N2. The number of hydrogen-bond acceptors (Lipinski definition) is 3. The molecule has 0 radical (unpaired) electrons. The Labute approximate surface area is 107 Å². The van der Waals surface area contributed by atoms with Crippen LogP contribution in [0.15, 0.2) is 24.5 Å². The van der Waals surface area contributed by atoms with Crippen LogP contribution in [0.2, 0.25) is 0 Å². The highest BCUT2D eigenvalue weighted by Crippen LogP contribution is 2.26. The molecule has 96 valence electrons. The smallest absolute Gasteiger partial charge is 0.224 e.